The summed E-state index contributed by atoms with van der Waals surface area (Å²) < 4.78 is 5.01. The van der Waals surface area contributed by atoms with Gasteiger partial charge in [0.15, 0.2) is 0 Å². The Morgan fingerprint density at radius 2 is 1.92 bits per heavy atom. The van der Waals surface area contributed by atoms with Gasteiger partial charge in [0.05, 0.1) is 0 Å². The fourth-order valence-electron chi connectivity index (χ4n) is 3.00. The quantitative estimate of drug-likeness (QED) is 0.722. The molecule has 5 nitrogen and oxygen atoms in total. The lowest BCUT2D eigenvalue weighted by molar-refractivity contribution is -0.139. The van der Waals surface area contributed by atoms with Crippen LogP contribution >= 0.6 is 0 Å². The number of ether oxygens (including phenoxy) is 1. The molecule has 1 fully saturated rings. The van der Waals surface area contributed by atoms with Crippen LogP contribution in [0.2, 0.25) is 0 Å². The number of benzene rings is 1. The number of unbranched alkanes of at least 4 members (excludes halogenated alkanes) is 2. The molecule has 1 aromatic rings. The largest absolute Gasteiger partial charge is 0.385 e. The molecule has 0 bridgehead atoms. The molecule has 1 atom stereocenters. The van der Waals surface area contributed by atoms with Gasteiger partial charge < -0.3 is 14.5 Å². The highest BCUT2D eigenvalue weighted by Gasteiger charge is 2.32. The van der Waals surface area contributed by atoms with Gasteiger partial charge in [-0.25, -0.2) is 0 Å². The highest BCUT2D eigenvalue weighted by molar-refractivity contribution is 5.98. The zero-order valence-corrected chi connectivity index (χ0v) is 15.0. The van der Waals surface area contributed by atoms with Gasteiger partial charge in [-0.05, 0) is 38.8 Å². The molecule has 0 radical (unpaired) electrons. The molecule has 5 heteroatoms. The second-order valence-corrected chi connectivity index (χ2v) is 6.51. The van der Waals surface area contributed by atoms with Crippen molar-refractivity contribution in [3.63, 3.8) is 0 Å². The summed E-state index contributed by atoms with van der Waals surface area (Å²) in [6, 6.07) is 7.98. The maximum atomic E-state index is 12.5. The number of nitrogens with zero attached hydrogens (tertiary/aromatic N) is 2. The molecule has 0 aliphatic carbocycles. The Kier molecular flexibility index (Phi) is 6.79. The average Bonchev–Trinajstić information content (AvgIpc) is 2.57. The molecule has 2 rings (SSSR count). The minimum atomic E-state index is -0.00955. The van der Waals surface area contributed by atoms with Crippen molar-refractivity contribution in [1.29, 1.82) is 0 Å². The molecular formula is C19H28N2O3. The first-order valence-electron chi connectivity index (χ1n) is 8.68. The maximum Gasteiger partial charge on any atom is 0.246 e. The van der Waals surface area contributed by atoms with Gasteiger partial charge in [0.2, 0.25) is 11.8 Å². The normalized spacial score (nSPS) is 18.1. The number of carbonyl (C=O) groups excluding carboxylic acids is 2. The summed E-state index contributed by atoms with van der Waals surface area (Å²) in [4.78, 5) is 28.4. The van der Waals surface area contributed by atoms with E-state index in [9.17, 15) is 9.59 Å². The van der Waals surface area contributed by atoms with E-state index in [1.807, 2.05) is 38.1 Å². The summed E-state index contributed by atoms with van der Waals surface area (Å²) in [6.07, 6.45) is 3.30. The van der Waals surface area contributed by atoms with E-state index in [0.717, 1.165) is 31.6 Å². The second-order valence-electron chi connectivity index (χ2n) is 6.51. The van der Waals surface area contributed by atoms with Gasteiger partial charge in [0.25, 0.3) is 0 Å². The van der Waals surface area contributed by atoms with E-state index in [2.05, 4.69) is 0 Å². The summed E-state index contributed by atoms with van der Waals surface area (Å²) in [5.74, 6) is 0.0708. The fraction of sp³-hybridized carbons (Fsp3) is 0.579. The summed E-state index contributed by atoms with van der Waals surface area (Å²) in [7, 11) is 1.69. The molecule has 1 aliphatic rings. The van der Waals surface area contributed by atoms with E-state index in [-0.39, 0.29) is 24.4 Å². The molecule has 1 aromatic carbocycles. The number of carbonyl (C=O) groups is 2. The number of aryl methyl sites for hydroxylation is 1. The van der Waals surface area contributed by atoms with Gasteiger partial charge in [-0.15, -0.1) is 0 Å². The first-order chi connectivity index (χ1) is 11.5. The van der Waals surface area contributed by atoms with E-state index in [4.69, 9.17) is 4.74 Å². The van der Waals surface area contributed by atoms with E-state index < -0.39 is 0 Å². The Balaban J connectivity index is 1.89. The number of hydrogen-bond donors (Lipinski definition) is 0. The van der Waals surface area contributed by atoms with Crippen LogP contribution in [-0.4, -0.2) is 49.6 Å². The van der Waals surface area contributed by atoms with Gasteiger partial charge in [-0.1, -0.05) is 24.1 Å². The third-order valence-electron chi connectivity index (χ3n) is 4.49. The lowest BCUT2D eigenvalue weighted by Gasteiger charge is -2.39. The Morgan fingerprint density at radius 3 is 2.58 bits per heavy atom. The highest BCUT2D eigenvalue weighted by atomic mass is 16.5. The number of hydrogen-bond acceptors (Lipinski definition) is 3. The molecular weight excluding hydrogens is 304 g/mol. The lowest BCUT2D eigenvalue weighted by atomic mass is 10.1. The predicted molar refractivity (Wildman–Crippen MR) is 95.1 cm³/mol. The van der Waals surface area contributed by atoms with Crippen LogP contribution in [-0.2, 0) is 14.3 Å². The number of rotatable bonds is 7. The SMILES string of the molecule is COCCCCCC(=O)N1CC(=O)N(c2ccc(C)cc2)CC1C. The summed E-state index contributed by atoms with van der Waals surface area (Å²) in [5.41, 5.74) is 2.07. The van der Waals surface area contributed by atoms with Crippen LogP contribution in [0.15, 0.2) is 24.3 Å². The van der Waals surface area contributed by atoms with Crippen molar-refractivity contribution >= 4 is 17.5 Å². The van der Waals surface area contributed by atoms with Crippen LogP contribution in [0.5, 0.6) is 0 Å². The Hall–Kier alpha value is -1.88. The minimum absolute atomic E-state index is 0.00955. The third kappa shape index (κ3) is 4.81. The molecule has 0 saturated carbocycles. The molecule has 0 aromatic heterocycles. The van der Waals surface area contributed by atoms with Crippen LogP contribution in [0, 0.1) is 6.92 Å². The van der Waals surface area contributed by atoms with Crippen molar-refractivity contribution in [2.45, 2.75) is 45.6 Å². The van der Waals surface area contributed by atoms with Crippen molar-refractivity contribution < 1.29 is 14.3 Å². The van der Waals surface area contributed by atoms with Crippen LogP contribution in [0.3, 0.4) is 0 Å². The van der Waals surface area contributed by atoms with Gasteiger partial charge in [0, 0.05) is 38.4 Å². The van der Waals surface area contributed by atoms with Crippen LogP contribution in [0.4, 0.5) is 5.69 Å². The minimum Gasteiger partial charge on any atom is -0.385 e. The van der Waals surface area contributed by atoms with E-state index >= 15 is 0 Å². The molecule has 1 saturated heterocycles. The molecule has 0 spiro atoms. The molecule has 132 valence electrons. The van der Waals surface area contributed by atoms with Crippen molar-refractivity contribution in [3.8, 4) is 0 Å². The first kappa shape index (κ1) is 18.5. The number of amides is 2. The zero-order valence-electron chi connectivity index (χ0n) is 15.0. The Labute approximate surface area is 144 Å². The van der Waals surface area contributed by atoms with E-state index in [1.165, 1.54) is 5.56 Å². The zero-order chi connectivity index (χ0) is 17.5. The summed E-state index contributed by atoms with van der Waals surface area (Å²) in [5, 5.41) is 0. The van der Waals surface area contributed by atoms with Crippen LogP contribution in [0.1, 0.15) is 38.2 Å². The van der Waals surface area contributed by atoms with E-state index in [1.54, 1.807) is 16.9 Å². The monoisotopic (exact) mass is 332 g/mol. The summed E-state index contributed by atoms with van der Waals surface area (Å²) >= 11 is 0. The average molecular weight is 332 g/mol. The standard InChI is InChI=1S/C19H28N2O3/c1-15-8-10-17(11-9-15)21-13-16(2)20(14-19(21)23)18(22)7-5-4-6-12-24-3/h8-11,16H,4-7,12-14H2,1-3H3. The third-order valence-corrected chi connectivity index (χ3v) is 4.49. The van der Waals surface area contributed by atoms with Crippen molar-refractivity contribution in [1.82, 2.24) is 4.90 Å². The van der Waals surface area contributed by atoms with E-state index in [0.29, 0.717) is 13.0 Å². The number of methoxy groups -OCH3 is 1. The Bertz CT molecular complexity index is 556. The van der Waals surface area contributed by atoms with Crippen molar-refractivity contribution in [2.75, 3.05) is 31.7 Å². The lowest BCUT2D eigenvalue weighted by Crippen LogP contribution is -2.57. The molecule has 1 aliphatic heterocycles. The van der Waals surface area contributed by atoms with Gasteiger partial charge in [-0.2, -0.15) is 0 Å². The number of piperazine rings is 1. The molecule has 24 heavy (non-hydrogen) atoms. The van der Waals surface area contributed by atoms with Crippen LogP contribution < -0.4 is 4.90 Å². The molecule has 1 heterocycles. The summed E-state index contributed by atoms with van der Waals surface area (Å²) in [6.45, 7) is 5.50. The van der Waals surface area contributed by atoms with Crippen LogP contribution in [0.25, 0.3) is 0 Å². The molecule has 2 amide bonds. The maximum absolute atomic E-state index is 12.5. The smallest absolute Gasteiger partial charge is 0.246 e. The topological polar surface area (TPSA) is 49.9 Å². The van der Waals surface area contributed by atoms with Crippen molar-refractivity contribution in [3.05, 3.63) is 29.8 Å². The van der Waals surface area contributed by atoms with Gasteiger partial charge >= 0.3 is 0 Å². The first-order valence-corrected chi connectivity index (χ1v) is 8.68. The molecule has 0 N–H and O–H groups in total. The predicted octanol–water partition coefficient (Wildman–Crippen LogP) is 2.77. The fourth-order valence-corrected chi connectivity index (χ4v) is 3.00. The van der Waals surface area contributed by atoms with Gasteiger partial charge in [0.1, 0.15) is 6.54 Å². The highest BCUT2D eigenvalue weighted by Crippen LogP contribution is 2.21. The van der Waals surface area contributed by atoms with Gasteiger partial charge in [-0.3, -0.25) is 9.59 Å². The second kappa shape index (κ2) is 8.83. The molecule has 1 unspecified atom stereocenters. The van der Waals surface area contributed by atoms with Crippen molar-refractivity contribution in [2.24, 2.45) is 0 Å². The Morgan fingerprint density at radius 1 is 1.21 bits per heavy atom. The number of anilines is 1.